The molecule has 0 fully saturated rings. The van der Waals surface area contributed by atoms with Crippen molar-refractivity contribution >= 4 is 11.4 Å². The van der Waals surface area contributed by atoms with Crippen LogP contribution in [0.25, 0.3) is 0 Å². The van der Waals surface area contributed by atoms with Crippen molar-refractivity contribution in [3.8, 4) is 0 Å². The number of ether oxygens (including phenoxy) is 1. The van der Waals surface area contributed by atoms with Crippen molar-refractivity contribution in [3.05, 3.63) is 24.0 Å². The molecule has 0 bridgehead atoms. The van der Waals surface area contributed by atoms with Crippen molar-refractivity contribution in [2.75, 3.05) is 37.5 Å². The molecule has 0 radical (unpaired) electrons. The molecule has 0 saturated heterocycles. The number of rotatable bonds is 9. The van der Waals surface area contributed by atoms with Gasteiger partial charge in [0.05, 0.1) is 12.3 Å². The van der Waals surface area contributed by atoms with Gasteiger partial charge in [-0.15, -0.1) is 0 Å². The van der Waals surface area contributed by atoms with Crippen molar-refractivity contribution in [1.82, 2.24) is 0 Å². The van der Waals surface area contributed by atoms with E-state index >= 15 is 0 Å². The van der Waals surface area contributed by atoms with E-state index in [9.17, 15) is 4.39 Å². The van der Waals surface area contributed by atoms with Crippen molar-refractivity contribution in [1.29, 1.82) is 0 Å². The van der Waals surface area contributed by atoms with E-state index in [1.807, 2.05) is 37.9 Å². The first-order valence-electron chi connectivity index (χ1n) is 7.47. The Bertz CT molecular complexity index is 426. The van der Waals surface area contributed by atoms with Gasteiger partial charge in [0.2, 0.25) is 0 Å². The van der Waals surface area contributed by atoms with Crippen molar-refractivity contribution < 1.29 is 9.13 Å². The normalized spacial score (nSPS) is 12.5. The highest BCUT2D eigenvalue weighted by atomic mass is 19.1. The molecule has 0 aromatic heterocycles. The molecule has 1 unspecified atom stereocenters. The smallest absolute Gasteiger partial charge is 0.148 e. The molecule has 21 heavy (non-hydrogen) atoms. The first kappa shape index (κ1) is 17.7. The average Bonchev–Trinajstić information content (AvgIpc) is 2.44. The van der Waals surface area contributed by atoms with Crippen LogP contribution in [0.5, 0.6) is 0 Å². The molecule has 0 aliphatic rings. The third kappa shape index (κ3) is 5.52. The lowest BCUT2D eigenvalue weighted by Crippen LogP contribution is -2.27. The van der Waals surface area contributed by atoms with Gasteiger partial charge in [0.15, 0.2) is 0 Å². The Hall–Kier alpha value is -1.33. The van der Waals surface area contributed by atoms with E-state index in [0.717, 1.165) is 18.5 Å². The minimum absolute atomic E-state index is 0.145. The molecular formula is C16H28FN3O. The van der Waals surface area contributed by atoms with Crippen LogP contribution in [0, 0.1) is 5.82 Å². The summed E-state index contributed by atoms with van der Waals surface area (Å²) in [4.78, 5) is 1.92. The number of hydrogen-bond donors (Lipinski definition) is 2. The zero-order valence-electron chi connectivity index (χ0n) is 13.5. The van der Waals surface area contributed by atoms with Crippen LogP contribution in [0.3, 0.4) is 0 Å². The van der Waals surface area contributed by atoms with Crippen LogP contribution in [0.2, 0.25) is 0 Å². The fraction of sp³-hybridized carbons (Fsp3) is 0.625. The van der Waals surface area contributed by atoms with E-state index in [-0.39, 0.29) is 17.9 Å². The number of halogens is 1. The largest absolute Gasteiger partial charge is 0.383 e. The fourth-order valence-corrected chi connectivity index (χ4v) is 2.16. The van der Waals surface area contributed by atoms with Gasteiger partial charge in [-0.1, -0.05) is 0 Å². The van der Waals surface area contributed by atoms with Crippen LogP contribution < -0.4 is 16.0 Å². The Morgan fingerprint density at radius 2 is 2.10 bits per heavy atom. The molecule has 0 heterocycles. The number of nitrogens with two attached hydrogens (primary N) is 1. The number of methoxy groups -OCH3 is 1. The Kier molecular flexibility index (Phi) is 7.47. The number of nitrogens with one attached hydrogen (secondary N) is 1. The zero-order chi connectivity index (χ0) is 15.8. The second-order valence-corrected chi connectivity index (χ2v) is 5.60. The van der Waals surface area contributed by atoms with E-state index in [1.54, 1.807) is 13.2 Å². The summed E-state index contributed by atoms with van der Waals surface area (Å²) in [5, 5.41) is 3.31. The highest BCUT2D eigenvalue weighted by Gasteiger charge is 2.13. The van der Waals surface area contributed by atoms with Gasteiger partial charge in [-0.05, 0) is 51.4 Å². The molecule has 1 aromatic rings. The quantitative estimate of drug-likeness (QED) is 0.736. The van der Waals surface area contributed by atoms with Crippen LogP contribution in [-0.2, 0) is 4.74 Å². The fourth-order valence-electron chi connectivity index (χ4n) is 2.16. The van der Waals surface area contributed by atoms with Gasteiger partial charge in [-0.2, -0.15) is 0 Å². The maximum Gasteiger partial charge on any atom is 0.148 e. The Labute approximate surface area is 127 Å². The molecule has 5 heteroatoms. The van der Waals surface area contributed by atoms with Crippen molar-refractivity contribution in [2.45, 2.75) is 38.8 Å². The van der Waals surface area contributed by atoms with Crippen LogP contribution in [0.15, 0.2) is 18.2 Å². The summed E-state index contributed by atoms with van der Waals surface area (Å²) in [5.74, 6) is -0.216. The Balaban J connectivity index is 2.77. The molecule has 1 atom stereocenters. The lowest BCUT2D eigenvalue weighted by Gasteiger charge is -2.25. The molecule has 1 rings (SSSR count). The van der Waals surface area contributed by atoms with Crippen LogP contribution in [0.1, 0.15) is 26.7 Å². The second-order valence-electron chi connectivity index (χ2n) is 5.60. The van der Waals surface area contributed by atoms with E-state index in [4.69, 9.17) is 10.5 Å². The van der Waals surface area contributed by atoms with Gasteiger partial charge in [-0.3, -0.25) is 0 Å². The third-order valence-corrected chi connectivity index (χ3v) is 3.60. The first-order chi connectivity index (χ1) is 9.99. The number of nitrogens with zero attached hydrogens (tertiary/aromatic N) is 1. The maximum absolute atomic E-state index is 14.2. The van der Waals surface area contributed by atoms with Crippen molar-refractivity contribution in [3.63, 3.8) is 0 Å². The Morgan fingerprint density at radius 1 is 1.38 bits per heavy atom. The molecule has 0 spiro atoms. The summed E-state index contributed by atoms with van der Waals surface area (Å²) in [6.07, 6.45) is 1.82. The predicted molar refractivity (Wildman–Crippen MR) is 87.5 cm³/mol. The highest BCUT2D eigenvalue weighted by Crippen LogP contribution is 2.24. The maximum atomic E-state index is 14.2. The second kappa shape index (κ2) is 8.85. The zero-order valence-corrected chi connectivity index (χ0v) is 13.5. The first-order valence-corrected chi connectivity index (χ1v) is 7.47. The minimum atomic E-state index is -0.216. The average molecular weight is 297 g/mol. The SMILES string of the molecule is COCC(CCCN)Nc1ccc(N(C)C(C)C)c(F)c1. The van der Waals surface area contributed by atoms with Crippen LogP contribution in [-0.4, -0.2) is 39.4 Å². The predicted octanol–water partition coefficient (Wildman–Crippen LogP) is 2.84. The summed E-state index contributed by atoms with van der Waals surface area (Å²) in [6.45, 7) is 5.30. The van der Waals surface area contributed by atoms with Gasteiger partial charge >= 0.3 is 0 Å². The molecule has 4 nitrogen and oxygen atoms in total. The minimum Gasteiger partial charge on any atom is -0.383 e. The van der Waals surface area contributed by atoms with E-state index in [2.05, 4.69) is 5.32 Å². The standard InChI is InChI=1S/C16H28FN3O/c1-12(2)20(3)16-8-7-13(10-15(16)17)19-14(11-21-4)6-5-9-18/h7-8,10,12,14,19H,5-6,9,11,18H2,1-4H3. The molecule has 0 saturated carbocycles. The number of benzene rings is 1. The van der Waals surface area contributed by atoms with Crippen molar-refractivity contribution in [2.24, 2.45) is 5.73 Å². The summed E-state index contributed by atoms with van der Waals surface area (Å²) >= 11 is 0. The number of anilines is 2. The lowest BCUT2D eigenvalue weighted by molar-refractivity contribution is 0.182. The molecule has 0 amide bonds. The van der Waals surface area contributed by atoms with E-state index in [1.165, 1.54) is 0 Å². The van der Waals surface area contributed by atoms with E-state index in [0.29, 0.717) is 18.8 Å². The molecule has 0 aliphatic heterocycles. The molecule has 0 aliphatic carbocycles. The van der Waals surface area contributed by atoms with Gasteiger partial charge in [0, 0.05) is 31.9 Å². The summed E-state index contributed by atoms with van der Waals surface area (Å²) in [7, 11) is 3.56. The summed E-state index contributed by atoms with van der Waals surface area (Å²) in [6, 6.07) is 5.65. The lowest BCUT2D eigenvalue weighted by atomic mass is 10.1. The van der Waals surface area contributed by atoms with Gasteiger partial charge in [0.25, 0.3) is 0 Å². The highest BCUT2D eigenvalue weighted by molar-refractivity contribution is 5.56. The molecular weight excluding hydrogens is 269 g/mol. The Morgan fingerprint density at radius 3 is 2.62 bits per heavy atom. The van der Waals surface area contributed by atoms with Gasteiger partial charge in [-0.25, -0.2) is 4.39 Å². The van der Waals surface area contributed by atoms with Gasteiger partial charge in [0.1, 0.15) is 5.82 Å². The number of hydrogen-bond acceptors (Lipinski definition) is 4. The summed E-state index contributed by atoms with van der Waals surface area (Å²) < 4.78 is 19.4. The molecule has 1 aromatic carbocycles. The van der Waals surface area contributed by atoms with Gasteiger partial charge < -0.3 is 20.7 Å². The molecule has 3 N–H and O–H groups in total. The van der Waals surface area contributed by atoms with Crippen LogP contribution in [0.4, 0.5) is 15.8 Å². The van der Waals surface area contributed by atoms with E-state index < -0.39 is 0 Å². The monoisotopic (exact) mass is 297 g/mol. The topological polar surface area (TPSA) is 50.5 Å². The third-order valence-electron chi connectivity index (χ3n) is 3.60. The van der Waals surface area contributed by atoms with Crippen LogP contribution >= 0.6 is 0 Å². The molecule has 120 valence electrons. The summed E-state index contributed by atoms with van der Waals surface area (Å²) in [5.41, 5.74) is 6.92.